The summed E-state index contributed by atoms with van der Waals surface area (Å²) in [6, 6.07) is 10.1. The Labute approximate surface area is 194 Å². The van der Waals surface area contributed by atoms with Crippen molar-refractivity contribution in [3.05, 3.63) is 47.3 Å². The van der Waals surface area contributed by atoms with Crippen LogP contribution in [0.25, 0.3) is 0 Å². The lowest BCUT2D eigenvalue weighted by Gasteiger charge is -2.37. The van der Waals surface area contributed by atoms with Gasteiger partial charge in [0.15, 0.2) is 0 Å². The van der Waals surface area contributed by atoms with Gasteiger partial charge in [0.2, 0.25) is 15.9 Å². The number of nitriles is 1. The third kappa shape index (κ3) is 5.42. The molecule has 0 spiro atoms. The summed E-state index contributed by atoms with van der Waals surface area (Å²) in [6.45, 7) is 7.37. The second-order valence-corrected chi connectivity index (χ2v) is 10.3. The third-order valence-electron chi connectivity index (χ3n) is 6.10. The second-order valence-electron chi connectivity index (χ2n) is 8.37. The molecule has 10 nitrogen and oxygen atoms in total. The normalized spacial score (nSPS) is 18.8. The highest BCUT2D eigenvalue weighted by Gasteiger charge is 2.32. The molecule has 176 valence electrons. The van der Waals surface area contributed by atoms with E-state index >= 15 is 0 Å². The van der Waals surface area contributed by atoms with E-state index in [-0.39, 0.29) is 29.5 Å². The minimum Gasteiger partial charge on any atom is -0.361 e. The Kier molecular flexibility index (Phi) is 7.09. The Hall–Kier alpha value is -2.78. The molecule has 1 aromatic heterocycles. The van der Waals surface area contributed by atoms with Crippen LogP contribution in [-0.2, 0) is 21.4 Å². The molecule has 2 aliphatic rings. The third-order valence-corrected chi connectivity index (χ3v) is 8.06. The number of carbonyl (C=O) groups excluding carboxylic acids is 1. The fraction of sp³-hybridized carbons (Fsp3) is 0.500. The Bertz CT molecular complexity index is 1130. The smallest absolute Gasteiger partial charge is 0.244 e. The van der Waals surface area contributed by atoms with Gasteiger partial charge >= 0.3 is 0 Å². The van der Waals surface area contributed by atoms with E-state index in [4.69, 9.17) is 4.52 Å². The lowest BCUT2D eigenvalue weighted by atomic mass is 10.2. The first kappa shape index (κ1) is 23.4. The van der Waals surface area contributed by atoms with Crippen LogP contribution >= 0.6 is 0 Å². The SMILES string of the molecule is Cc1cc(CN2CCN(CC(=O)N3CCN(S(=O)(=O)c4ccccc4C#N)CC3)CC2)no1. The van der Waals surface area contributed by atoms with Crippen LogP contribution in [0.4, 0.5) is 0 Å². The Morgan fingerprint density at radius 2 is 1.73 bits per heavy atom. The van der Waals surface area contributed by atoms with Crippen LogP contribution in [0.1, 0.15) is 17.0 Å². The summed E-state index contributed by atoms with van der Waals surface area (Å²) in [5.41, 5.74) is 1.05. The summed E-state index contributed by atoms with van der Waals surface area (Å²) >= 11 is 0. The number of aryl methyl sites for hydroxylation is 1. The fourth-order valence-corrected chi connectivity index (χ4v) is 5.78. The van der Waals surface area contributed by atoms with Crippen molar-refractivity contribution in [2.75, 3.05) is 58.9 Å². The maximum absolute atomic E-state index is 13.0. The predicted molar refractivity (Wildman–Crippen MR) is 119 cm³/mol. The first-order chi connectivity index (χ1) is 15.9. The van der Waals surface area contributed by atoms with Crippen molar-refractivity contribution in [1.82, 2.24) is 24.2 Å². The monoisotopic (exact) mass is 472 g/mol. The zero-order valence-corrected chi connectivity index (χ0v) is 19.5. The van der Waals surface area contributed by atoms with Gasteiger partial charge in [-0.2, -0.15) is 9.57 Å². The topological polar surface area (TPSA) is 114 Å². The van der Waals surface area contributed by atoms with Crippen molar-refractivity contribution in [3.8, 4) is 6.07 Å². The molecule has 2 aromatic rings. The van der Waals surface area contributed by atoms with E-state index < -0.39 is 10.0 Å². The van der Waals surface area contributed by atoms with Gasteiger partial charge in [-0.1, -0.05) is 17.3 Å². The lowest BCUT2D eigenvalue weighted by Crippen LogP contribution is -2.54. The van der Waals surface area contributed by atoms with E-state index in [9.17, 15) is 18.5 Å². The first-order valence-electron chi connectivity index (χ1n) is 11.0. The van der Waals surface area contributed by atoms with E-state index in [1.54, 1.807) is 17.0 Å². The molecular weight excluding hydrogens is 444 g/mol. The molecule has 33 heavy (non-hydrogen) atoms. The molecule has 3 heterocycles. The van der Waals surface area contributed by atoms with Crippen molar-refractivity contribution >= 4 is 15.9 Å². The summed E-state index contributed by atoms with van der Waals surface area (Å²) in [5, 5.41) is 13.3. The Morgan fingerprint density at radius 1 is 1.06 bits per heavy atom. The van der Waals surface area contributed by atoms with Crippen molar-refractivity contribution in [2.45, 2.75) is 18.4 Å². The Balaban J connectivity index is 1.25. The number of sulfonamides is 1. The van der Waals surface area contributed by atoms with Crippen LogP contribution in [0.5, 0.6) is 0 Å². The largest absolute Gasteiger partial charge is 0.361 e. The molecule has 1 aromatic carbocycles. The standard InChI is InChI=1S/C22H28N6O4S/c1-18-14-20(24-32-18)16-25-6-8-26(9-7-25)17-22(29)27-10-12-28(13-11-27)33(30,31)21-5-3-2-4-19(21)15-23/h2-5,14H,6-13,16-17H2,1H3. The highest BCUT2D eigenvalue weighted by atomic mass is 32.2. The maximum atomic E-state index is 13.0. The van der Waals surface area contributed by atoms with Gasteiger partial charge in [0, 0.05) is 65.0 Å². The molecule has 11 heteroatoms. The zero-order valence-electron chi connectivity index (χ0n) is 18.7. The molecule has 2 saturated heterocycles. The number of carbonyl (C=O) groups is 1. The summed E-state index contributed by atoms with van der Waals surface area (Å²) in [7, 11) is -3.77. The van der Waals surface area contributed by atoms with Gasteiger partial charge in [0.1, 0.15) is 11.8 Å². The highest BCUT2D eigenvalue weighted by molar-refractivity contribution is 7.89. The number of rotatable bonds is 6. The molecule has 4 rings (SSSR count). The van der Waals surface area contributed by atoms with Gasteiger partial charge in [-0.3, -0.25) is 14.6 Å². The van der Waals surface area contributed by atoms with Crippen LogP contribution in [0.15, 0.2) is 39.8 Å². The number of hydrogen-bond acceptors (Lipinski definition) is 8. The van der Waals surface area contributed by atoms with Crippen molar-refractivity contribution in [3.63, 3.8) is 0 Å². The van der Waals surface area contributed by atoms with E-state index in [0.717, 1.165) is 44.2 Å². The molecular formula is C22H28N6O4S. The number of piperazine rings is 2. The maximum Gasteiger partial charge on any atom is 0.244 e. The molecule has 0 atom stereocenters. The number of aromatic nitrogens is 1. The number of amides is 1. The molecule has 0 bridgehead atoms. The van der Waals surface area contributed by atoms with Gasteiger partial charge < -0.3 is 9.42 Å². The average molecular weight is 473 g/mol. The van der Waals surface area contributed by atoms with E-state index in [0.29, 0.717) is 19.6 Å². The molecule has 2 fully saturated rings. The van der Waals surface area contributed by atoms with Crippen LogP contribution in [-0.4, -0.2) is 97.4 Å². The lowest BCUT2D eigenvalue weighted by molar-refractivity contribution is -0.134. The predicted octanol–water partition coefficient (Wildman–Crippen LogP) is 0.505. The van der Waals surface area contributed by atoms with Gasteiger partial charge in [0.05, 0.1) is 22.7 Å². The molecule has 0 unspecified atom stereocenters. The second kappa shape index (κ2) is 10.0. The molecule has 1 amide bonds. The fourth-order valence-electron chi connectivity index (χ4n) is 4.22. The summed E-state index contributed by atoms with van der Waals surface area (Å²) < 4.78 is 32.4. The molecule has 0 saturated carbocycles. The van der Waals surface area contributed by atoms with E-state index in [1.807, 2.05) is 19.1 Å². The molecule has 0 radical (unpaired) electrons. The Morgan fingerprint density at radius 3 is 2.36 bits per heavy atom. The number of benzene rings is 1. The van der Waals surface area contributed by atoms with Crippen molar-refractivity contribution in [1.29, 1.82) is 5.26 Å². The van der Waals surface area contributed by atoms with Crippen LogP contribution < -0.4 is 0 Å². The van der Waals surface area contributed by atoms with E-state index in [1.165, 1.54) is 16.4 Å². The highest BCUT2D eigenvalue weighted by Crippen LogP contribution is 2.21. The molecule has 0 N–H and O–H groups in total. The van der Waals surface area contributed by atoms with Gasteiger partial charge in [-0.15, -0.1) is 0 Å². The van der Waals surface area contributed by atoms with Gasteiger partial charge in [-0.05, 0) is 19.1 Å². The molecule has 0 aliphatic carbocycles. The van der Waals surface area contributed by atoms with Crippen LogP contribution in [0.3, 0.4) is 0 Å². The van der Waals surface area contributed by atoms with Gasteiger partial charge in [-0.25, -0.2) is 8.42 Å². The van der Waals surface area contributed by atoms with Crippen molar-refractivity contribution < 1.29 is 17.7 Å². The molecule has 2 aliphatic heterocycles. The van der Waals surface area contributed by atoms with E-state index in [2.05, 4.69) is 15.0 Å². The number of hydrogen-bond donors (Lipinski definition) is 0. The minimum absolute atomic E-state index is 0.0186. The summed E-state index contributed by atoms with van der Waals surface area (Å²) in [5.74, 6) is 0.821. The van der Waals surface area contributed by atoms with Crippen LogP contribution in [0, 0.1) is 18.3 Å². The van der Waals surface area contributed by atoms with Crippen molar-refractivity contribution in [2.24, 2.45) is 0 Å². The average Bonchev–Trinajstić information content (AvgIpc) is 3.24. The van der Waals surface area contributed by atoms with Gasteiger partial charge in [0.25, 0.3) is 0 Å². The van der Waals surface area contributed by atoms with Crippen LogP contribution in [0.2, 0.25) is 0 Å². The zero-order chi connectivity index (χ0) is 23.4. The first-order valence-corrected chi connectivity index (χ1v) is 12.4. The quantitative estimate of drug-likeness (QED) is 0.597. The summed E-state index contributed by atoms with van der Waals surface area (Å²) in [6.07, 6.45) is 0. The summed E-state index contributed by atoms with van der Waals surface area (Å²) in [4.78, 5) is 19.0. The number of nitrogens with zero attached hydrogens (tertiary/aromatic N) is 6. The minimum atomic E-state index is -3.77.